The molecule has 0 saturated heterocycles. The summed E-state index contributed by atoms with van der Waals surface area (Å²) in [6.45, 7) is 6.87. The van der Waals surface area contributed by atoms with Gasteiger partial charge in [-0.3, -0.25) is 0 Å². The Labute approximate surface area is 89.5 Å². The van der Waals surface area contributed by atoms with E-state index >= 15 is 0 Å². The second kappa shape index (κ2) is 5.21. The SMILES string of the molecule is CC(C)[C@H](C)NCc1ccc(F)c(F)c1. The zero-order valence-electron chi connectivity index (χ0n) is 9.35. The monoisotopic (exact) mass is 213 g/mol. The maximum atomic E-state index is 12.9. The number of hydrogen-bond acceptors (Lipinski definition) is 1. The number of benzene rings is 1. The highest BCUT2D eigenvalue weighted by Crippen LogP contribution is 2.09. The molecule has 0 aromatic heterocycles. The molecule has 1 aromatic carbocycles. The van der Waals surface area contributed by atoms with Gasteiger partial charge in [0.1, 0.15) is 0 Å². The summed E-state index contributed by atoms with van der Waals surface area (Å²) in [5.41, 5.74) is 0.765. The van der Waals surface area contributed by atoms with Crippen molar-refractivity contribution < 1.29 is 8.78 Å². The van der Waals surface area contributed by atoms with Gasteiger partial charge in [0.2, 0.25) is 0 Å². The molecule has 1 rings (SSSR count). The predicted molar refractivity (Wildman–Crippen MR) is 57.5 cm³/mol. The van der Waals surface area contributed by atoms with E-state index in [1.807, 2.05) is 0 Å². The quantitative estimate of drug-likeness (QED) is 0.810. The molecule has 0 bridgehead atoms. The Kier molecular flexibility index (Phi) is 4.21. The third-order valence-electron chi connectivity index (χ3n) is 2.61. The number of nitrogens with one attached hydrogen (secondary N) is 1. The van der Waals surface area contributed by atoms with E-state index < -0.39 is 11.6 Å². The number of rotatable bonds is 4. The van der Waals surface area contributed by atoms with Gasteiger partial charge in [0.25, 0.3) is 0 Å². The third kappa shape index (κ3) is 3.59. The van der Waals surface area contributed by atoms with Crippen LogP contribution in [0.2, 0.25) is 0 Å². The van der Waals surface area contributed by atoms with Crippen LogP contribution in [0, 0.1) is 17.6 Å². The Morgan fingerprint density at radius 1 is 1.13 bits per heavy atom. The molecule has 0 unspecified atom stereocenters. The van der Waals surface area contributed by atoms with Crippen molar-refractivity contribution in [2.24, 2.45) is 5.92 Å². The minimum atomic E-state index is -0.796. The Hall–Kier alpha value is -0.960. The van der Waals surface area contributed by atoms with Crippen molar-refractivity contribution in [3.63, 3.8) is 0 Å². The summed E-state index contributed by atoms with van der Waals surface area (Å²) in [6.07, 6.45) is 0. The van der Waals surface area contributed by atoms with Crippen molar-refractivity contribution in [2.75, 3.05) is 0 Å². The van der Waals surface area contributed by atoms with E-state index in [-0.39, 0.29) is 0 Å². The van der Waals surface area contributed by atoms with Crippen LogP contribution in [0.15, 0.2) is 18.2 Å². The molecule has 0 radical (unpaired) electrons. The smallest absolute Gasteiger partial charge is 0.159 e. The molecule has 0 spiro atoms. The lowest BCUT2D eigenvalue weighted by Crippen LogP contribution is -2.30. The van der Waals surface area contributed by atoms with Crippen molar-refractivity contribution in [3.05, 3.63) is 35.4 Å². The molecule has 0 aliphatic heterocycles. The maximum Gasteiger partial charge on any atom is 0.159 e. The summed E-state index contributed by atoms with van der Waals surface area (Å²) < 4.78 is 25.5. The molecule has 1 N–H and O–H groups in total. The Morgan fingerprint density at radius 3 is 2.33 bits per heavy atom. The minimum absolute atomic E-state index is 0.359. The molecule has 0 saturated carbocycles. The van der Waals surface area contributed by atoms with E-state index in [4.69, 9.17) is 0 Å². The highest BCUT2D eigenvalue weighted by molar-refractivity contribution is 5.17. The van der Waals surface area contributed by atoms with Gasteiger partial charge in [0.05, 0.1) is 0 Å². The lowest BCUT2D eigenvalue weighted by Gasteiger charge is -2.17. The predicted octanol–water partition coefficient (Wildman–Crippen LogP) is 3.10. The van der Waals surface area contributed by atoms with Gasteiger partial charge in [-0.2, -0.15) is 0 Å². The number of hydrogen-bond donors (Lipinski definition) is 1. The standard InChI is InChI=1S/C12H17F2N/c1-8(2)9(3)15-7-10-4-5-11(13)12(14)6-10/h4-6,8-9,15H,7H2,1-3H3/t9-/m0/s1. The van der Waals surface area contributed by atoms with Crippen LogP contribution >= 0.6 is 0 Å². The van der Waals surface area contributed by atoms with Crippen LogP contribution in [0.3, 0.4) is 0 Å². The van der Waals surface area contributed by atoms with Crippen molar-refractivity contribution in [1.82, 2.24) is 5.32 Å². The Balaban J connectivity index is 2.55. The lowest BCUT2D eigenvalue weighted by atomic mass is 10.1. The highest BCUT2D eigenvalue weighted by Gasteiger charge is 2.07. The fourth-order valence-electron chi connectivity index (χ4n) is 1.16. The molecular weight excluding hydrogens is 196 g/mol. The largest absolute Gasteiger partial charge is 0.310 e. The van der Waals surface area contributed by atoms with Crippen LogP contribution in [0.4, 0.5) is 8.78 Å². The van der Waals surface area contributed by atoms with Crippen molar-refractivity contribution >= 4 is 0 Å². The van der Waals surface area contributed by atoms with Gasteiger partial charge in [-0.25, -0.2) is 8.78 Å². The van der Waals surface area contributed by atoms with Gasteiger partial charge in [-0.05, 0) is 30.5 Å². The van der Waals surface area contributed by atoms with E-state index in [0.717, 1.165) is 11.6 Å². The van der Waals surface area contributed by atoms with Crippen LogP contribution < -0.4 is 5.32 Å². The maximum absolute atomic E-state index is 12.9. The van der Waals surface area contributed by atoms with Gasteiger partial charge in [0.15, 0.2) is 11.6 Å². The molecule has 0 fully saturated rings. The fourth-order valence-corrected chi connectivity index (χ4v) is 1.16. The molecule has 84 valence electrons. The molecule has 1 aromatic rings. The third-order valence-corrected chi connectivity index (χ3v) is 2.61. The topological polar surface area (TPSA) is 12.0 Å². The van der Waals surface area contributed by atoms with E-state index in [2.05, 4.69) is 26.1 Å². The first-order chi connectivity index (χ1) is 7.00. The Morgan fingerprint density at radius 2 is 1.80 bits per heavy atom. The van der Waals surface area contributed by atoms with E-state index in [0.29, 0.717) is 18.5 Å². The fraction of sp³-hybridized carbons (Fsp3) is 0.500. The average molecular weight is 213 g/mol. The zero-order valence-corrected chi connectivity index (χ0v) is 9.35. The Bertz CT molecular complexity index is 323. The lowest BCUT2D eigenvalue weighted by molar-refractivity contribution is 0.425. The first kappa shape index (κ1) is 12.1. The van der Waals surface area contributed by atoms with Gasteiger partial charge in [0, 0.05) is 12.6 Å². The molecule has 0 aliphatic carbocycles. The average Bonchev–Trinajstić information content (AvgIpc) is 2.19. The summed E-state index contributed by atoms with van der Waals surface area (Å²) in [6, 6.07) is 4.35. The first-order valence-electron chi connectivity index (χ1n) is 5.18. The molecular formula is C12H17F2N. The van der Waals surface area contributed by atoms with Gasteiger partial charge >= 0.3 is 0 Å². The number of halogens is 2. The van der Waals surface area contributed by atoms with E-state index in [1.165, 1.54) is 6.07 Å². The zero-order chi connectivity index (χ0) is 11.4. The minimum Gasteiger partial charge on any atom is -0.310 e. The summed E-state index contributed by atoms with van der Waals surface area (Å²) >= 11 is 0. The molecule has 0 aliphatic rings. The van der Waals surface area contributed by atoms with Gasteiger partial charge < -0.3 is 5.32 Å². The second-order valence-corrected chi connectivity index (χ2v) is 4.16. The normalized spacial score (nSPS) is 13.2. The highest BCUT2D eigenvalue weighted by atomic mass is 19.2. The van der Waals surface area contributed by atoms with E-state index in [1.54, 1.807) is 6.07 Å². The van der Waals surface area contributed by atoms with E-state index in [9.17, 15) is 8.78 Å². The van der Waals surface area contributed by atoms with Crippen LogP contribution in [-0.4, -0.2) is 6.04 Å². The second-order valence-electron chi connectivity index (χ2n) is 4.16. The van der Waals surface area contributed by atoms with Crippen molar-refractivity contribution in [1.29, 1.82) is 0 Å². The summed E-state index contributed by atoms with van der Waals surface area (Å²) in [4.78, 5) is 0. The molecule has 0 amide bonds. The van der Waals surface area contributed by atoms with Gasteiger partial charge in [-0.1, -0.05) is 19.9 Å². The first-order valence-corrected chi connectivity index (χ1v) is 5.18. The molecule has 1 atom stereocenters. The molecule has 1 nitrogen and oxygen atoms in total. The molecule has 3 heteroatoms. The van der Waals surface area contributed by atoms with Gasteiger partial charge in [-0.15, -0.1) is 0 Å². The van der Waals surface area contributed by atoms with Crippen molar-refractivity contribution in [2.45, 2.75) is 33.4 Å². The summed E-state index contributed by atoms with van der Waals surface area (Å²) in [5, 5.41) is 3.26. The molecule has 15 heavy (non-hydrogen) atoms. The van der Waals surface area contributed by atoms with Crippen LogP contribution in [0.1, 0.15) is 26.3 Å². The molecule has 0 heterocycles. The van der Waals surface area contributed by atoms with Crippen molar-refractivity contribution in [3.8, 4) is 0 Å². The van der Waals surface area contributed by atoms with Crippen LogP contribution in [0.25, 0.3) is 0 Å². The van der Waals surface area contributed by atoms with Crippen LogP contribution in [0.5, 0.6) is 0 Å². The summed E-state index contributed by atoms with van der Waals surface area (Å²) in [5.74, 6) is -1.06. The summed E-state index contributed by atoms with van der Waals surface area (Å²) in [7, 11) is 0. The van der Waals surface area contributed by atoms with Crippen LogP contribution in [-0.2, 0) is 6.54 Å².